The van der Waals surface area contributed by atoms with Crippen LogP contribution in [0, 0.1) is 5.82 Å². The zero-order valence-electron chi connectivity index (χ0n) is 45.0. The molecular formula is C58H84FN9O7. The fourth-order valence-electron chi connectivity index (χ4n) is 9.60. The van der Waals surface area contributed by atoms with E-state index in [4.69, 9.17) is 24.7 Å². The molecule has 3 aromatic carbocycles. The molecule has 75 heavy (non-hydrogen) atoms. The molecule has 17 heteroatoms. The molecule has 2 unspecified atom stereocenters. The van der Waals surface area contributed by atoms with Crippen molar-refractivity contribution in [3.8, 4) is 5.75 Å². The molecular weight excluding hydrogens is 954 g/mol. The van der Waals surface area contributed by atoms with Gasteiger partial charge in [0.2, 0.25) is 5.91 Å². The number of benzene rings is 3. The maximum absolute atomic E-state index is 15.2. The number of piperidine rings is 1. The molecule has 2 saturated heterocycles. The molecule has 2 amide bonds. The lowest BCUT2D eigenvalue weighted by molar-refractivity contribution is -0.131. The lowest BCUT2D eigenvalue weighted by atomic mass is 9.87. The van der Waals surface area contributed by atoms with Gasteiger partial charge < -0.3 is 55.3 Å². The van der Waals surface area contributed by atoms with Crippen molar-refractivity contribution in [2.75, 3.05) is 115 Å². The van der Waals surface area contributed by atoms with E-state index in [1.165, 1.54) is 11.6 Å². The van der Waals surface area contributed by atoms with E-state index in [2.05, 4.69) is 81.7 Å². The lowest BCUT2D eigenvalue weighted by Crippen LogP contribution is -2.54. The smallest absolute Gasteiger partial charge is 0.254 e. The molecule has 0 saturated carbocycles. The van der Waals surface area contributed by atoms with E-state index in [9.17, 15) is 14.4 Å². The van der Waals surface area contributed by atoms with Gasteiger partial charge in [-0.2, -0.15) is 0 Å². The number of hydrogen-bond acceptors (Lipinski definition) is 14. The molecule has 6 rings (SSSR count). The van der Waals surface area contributed by atoms with E-state index < -0.39 is 5.82 Å². The monoisotopic (exact) mass is 1040 g/mol. The first kappa shape index (κ1) is 58.6. The number of nitrogens with two attached hydrogens (primary N) is 1. The number of aromatic nitrogens is 1. The Labute approximate surface area is 445 Å². The number of anilines is 3. The molecule has 2 aliphatic rings. The SMILES string of the molecule is CCCC(C)N(C)C(=O)c1cc(N2CCN(C(=O)CCCOCCOCCOCCCCCCOc3ccc([C@@H](C)Nc4cccc(NC5(CNC(N)c6ccncc6)CCNCC5)c4)cc3)CC2)c(F)cc1C=O. The largest absolute Gasteiger partial charge is 0.494 e. The summed E-state index contributed by atoms with van der Waals surface area (Å²) in [6.07, 6.45) is 12.6. The minimum absolute atomic E-state index is 0.0174. The lowest BCUT2D eigenvalue weighted by Gasteiger charge is -2.40. The molecule has 2 fully saturated rings. The number of amides is 2. The Morgan fingerprint density at radius 2 is 1.48 bits per heavy atom. The molecule has 0 aliphatic carbocycles. The Hall–Kier alpha value is -5.69. The molecule has 3 atom stereocenters. The van der Waals surface area contributed by atoms with E-state index in [1.807, 2.05) is 30.9 Å². The van der Waals surface area contributed by atoms with E-state index >= 15 is 4.39 Å². The number of unbranched alkanes of at least 4 members (excludes halogenated alkanes) is 3. The van der Waals surface area contributed by atoms with Crippen molar-refractivity contribution in [1.82, 2.24) is 25.4 Å². The number of hydrogen-bond donors (Lipinski definition) is 5. The van der Waals surface area contributed by atoms with Crippen LogP contribution in [0.15, 0.2) is 85.2 Å². The molecule has 16 nitrogen and oxygen atoms in total. The quantitative estimate of drug-likeness (QED) is 0.0174. The number of carbonyl (C=O) groups is 3. The van der Waals surface area contributed by atoms with Gasteiger partial charge in [0.1, 0.15) is 11.6 Å². The summed E-state index contributed by atoms with van der Waals surface area (Å²) < 4.78 is 38.3. The highest BCUT2D eigenvalue weighted by molar-refractivity contribution is 6.02. The van der Waals surface area contributed by atoms with Gasteiger partial charge in [0, 0.05) is 101 Å². The van der Waals surface area contributed by atoms with Crippen LogP contribution in [0.3, 0.4) is 0 Å². The van der Waals surface area contributed by atoms with Gasteiger partial charge >= 0.3 is 0 Å². The van der Waals surface area contributed by atoms with E-state index in [1.54, 1.807) is 29.2 Å². The van der Waals surface area contributed by atoms with Crippen LogP contribution in [0.25, 0.3) is 0 Å². The van der Waals surface area contributed by atoms with E-state index in [0.29, 0.717) is 91.6 Å². The van der Waals surface area contributed by atoms with Gasteiger partial charge in [-0.15, -0.1) is 0 Å². The third-order valence-electron chi connectivity index (χ3n) is 14.3. The van der Waals surface area contributed by atoms with Crippen LogP contribution in [-0.2, 0) is 19.0 Å². The maximum atomic E-state index is 15.2. The number of halogens is 1. The molecule has 0 spiro atoms. The molecule has 2 aliphatic heterocycles. The molecule has 0 bridgehead atoms. The summed E-state index contributed by atoms with van der Waals surface area (Å²) in [5.41, 5.74) is 11.2. The van der Waals surface area contributed by atoms with Crippen LogP contribution in [0.1, 0.15) is 129 Å². The Morgan fingerprint density at radius 3 is 2.16 bits per heavy atom. The summed E-state index contributed by atoms with van der Waals surface area (Å²) >= 11 is 0. The van der Waals surface area contributed by atoms with Crippen LogP contribution in [0.2, 0.25) is 0 Å². The Balaban J connectivity index is 0.747. The van der Waals surface area contributed by atoms with Gasteiger partial charge in [-0.25, -0.2) is 4.39 Å². The van der Waals surface area contributed by atoms with Crippen LogP contribution in [0.4, 0.5) is 21.5 Å². The van der Waals surface area contributed by atoms with Gasteiger partial charge in [0.25, 0.3) is 5.91 Å². The fraction of sp³-hybridized carbons (Fsp3) is 0.552. The summed E-state index contributed by atoms with van der Waals surface area (Å²) in [4.78, 5) is 47.3. The van der Waals surface area contributed by atoms with Crippen LogP contribution < -0.4 is 36.6 Å². The van der Waals surface area contributed by atoms with Crippen LogP contribution in [0.5, 0.6) is 5.75 Å². The summed E-state index contributed by atoms with van der Waals surface area (Å²) in [6.45, 7) is 14.3. The average Bonchev–Trinajstić information content (AvgIpc) is 3.43. The minimum atomic E-state index is -0.558. The molecule has 3 heterocycles. The number of pyridine rings is 1. The van der Waals surface area contributed by atoms with Crippen molar-refractivity contribution in [1.29, 1.82) is 0 Å². The highest BCUT2D eigenvalue weighted by Gasteiger charge is 2.33. The second-order valence-corrected chi connectivity index (χ2v) is 19.9. The third kappa shape index (κ3) is 18.8. The zero-order valence-corrected chi connectivity index (χ0v) is 45.0. The average molecular weight is 1040 g/mol. The maximum Gasteiger partial charge on any atom is 0.254 e. The molecule has 0 radical (unpaired) electrons. The Morgan fingerprint density at radius 1 is 0.827 bits per heavy atom. The van der Waals surface area contributed by atoms with Gasteiger partial charge in [-0.05, 0) is 138 Å². The number of nitrogens with one attached hydrogen (secondary N) is 4. The predicted octanol–water partition coefficient (Wildman–Crippen LogP) is 8.37. The molecule has 4 aromatic rings. The van der Waals surface area contributed by atoms with Gasteiger partial charge in [-0.1, -0.05) is 38.0 Å². The van der Waals surface area contributed by atoms with Crippen molar-refractivity contribution in [3.05, 3.63) is 113 Å². The summed E-state index contributed by atoms with van der Waals surface area (Å²) in [5.74, 6) is 0.0378. The molecule has 6 N–H and O–H groups in total. The van der Waals surface area contributed by atoms with Gasteiger partial charge in [-0.3, -0.25) is 24.7 Å². The number of aldehydes is 1. The van der Waals surface area contributed by atoms with Crippen molar-refractivity contribution < 1.29 is 37.7 Å². The first-order chi connectivity index (χ1) is 36.5. The summed E-state index contributed by atoms with van der Waals surface area (Å²) in [6, 6.07) is 23.5. The number of carbonyl (C=O) groups excluding carboxylic acids is 3. The zero-order chi connectivity index (χ0) is 53.3. The number of piperazine rings is 1. The second kappa shape index (κ2) is 31.4. The van der Waals surface area contributed by atoms with Crippen molar-refractivity contribution >= 4 is 35.2 Å². The summed E-state index contributed by atoms with van der Waals surface area (Å²) in [5, 5.41) is 14.6. The first-order valence-corrected chi connectivity index (χ1v) is 27.3. The van der Waals surface area contributed by atoms with E-state index in [-0.39, 0.29) is 52.4 Å². The normalized spacial score (nSPS) is 15.7. The van der Waals surface area contributed by atoms with Crippen molar-refractivity contribution in [3.63, 3.8) is 0 Å². The van der Waals surface area contributed by atoms with E-state index in [0.717, 1.165) is 99.8 Å². The highest BCUT2D eigenvalue weighted by Crippen LogP contribution is 2.30. The summed E-state index contributed by atoms with van der Waals surface area (Å²) in [7, 11) is 1.71. The molecule has 410 valence electrons. The number of ether oxygens (including phenoxy) is 4. The standard InChI is InChI=1S/C58H84FN9O7/c1-5-12-44(2)66(4)57(71)52-41-54(53(59)39-48(52)42-69)67-28-30-68(31-29-67)55(70)15-11-33-73-36-38-74-37-35-72-32-8-6-7-9-34-75-51-18-16-46(17-19-51)45(3)64-49-13-10-14-50(40-49)65-58(22-26-62-27-23-58)43-63-56(60)47-20-24-61-25-21-47/h10,13-14,16-21,24-25,39-42,44-45,56,62-65H,5-9,11-12,15,22-23,26-38,43,60H2,1-4H3/t44?,45-,56?/m1/s1. The van der Waals surface area contributed by atoms with Crippen molar-refractivity contribution in [2.45, 2.75) is 109 Å². The van der Waals surface area contributed by atoms with Gasteiger partial charge in [0.15, 0.2) is 6.29 Å². The Kier molecular flexibility index (Phi) is 24.5. The number of nitrogens with zero attached hydrogens (tertiary/aromatic N) is 4. The predicted molar refractivity (Wildman–Crippen MR) is 295 cm³/mol. The fourth-order valence-corrected chi connectivity index (χ4v) is 9.60. The van der Waals surface area contributed by atoms with Gasteiger partial charge in [0.05, 0.1) is 56.0 Å². The van der Waals surface area contributed by atoms with Crippen molar-refractivity contribution in [2.24, 2.45) is 5.73 Å². The van der Waals surface area contributed by atoms with Crippen LogP contribution >= 0.6 is 0 Å². The third-order valence-corrected chi connectivity index (χ3v) is 14.3. The Bertz CT molecular complexity index is 2320. The van der Waals surface area contributed by atoms with Crippen LogP contribution in [-0.4, -0.2) is 144 Å². The minimum Gasteiger partial charge on any atom is -0.494 e. The second-order valence-electron chi connectivity index (χ2n) is 19.9. The number of rotatable bonds is 33. The highest BCUT2D eigenvalue weighted by atomic mass is 19.1. The molecule has 1 aromatic heterocycles. The topological polar surface area (TPSA) is 185 Å². The first-order valence-electron chi connectivity index (χ1n) is 27.3.